The van der Waals surface area contributed by atoms with Crippen LogP contribution in [0.15, 0.2) is 84.9 Å². The SMILES string of the molecule is CC(C)(Br)C(=O)NCCC(=O)Oc1ccccc1P(c1ccccc1)c1ccccc1. The Balaban J connectivity index is 1.81. The van der Waals surface area contributed by atoms with Gasteiger partial charge in [0.2, 0.25) is 5.91 Å². The summed E-state index contributed by atoms with van der Waals surface area (Å²) < 4.78 is 5.08. The zero-order chi connectivity index (χ0) is 22.3. The van der Waals surface area contributed by atoms with Crippen molar-refractivity contribution in [3.05, 3.63) is 84.9 Å². The van der Waals surface area contributed by atoms with Crippen LogP contribution >= 0.6 is 23.9 Å². The lowest BCUT2D eigenvalue weighted by Gasteiger charge is -2.21. The van der Waals surface area contributed by atoms with Crippen LogP contribution in [0.25, 0.3) is 0 Å². The zero-order valence-electron chi connectivity index (χ0n) is 17.5. The molecule has 0 radical (unpaired) electrons. The van der Waals surface area contributed by atoms with Crippen molar-refractivity contribution in [2.24, 2.45) is 0 Å². The second kappa shape index (κ2) is 10.7. The lowest BCUT2D eigenvalue weighted by molar-refractivity contribution is -0.134. The standard InChI is InChI=1S/C25H25BrNO3P/c1-25(2,26)24(29)27-18-17-23(28)30-21-15-9-10-16-22(21)31(19-11-5-3-6-12-19)20-13-7-4-8-14-20/h3-16H,17-18H2,1-2H3,(H,27,29). The van der Waals surface area contributed by atoms with Crippen LogP contribution in [0.5, 0.6) is 5.75 Å². The highest BCUT2D eigenvalue weighted by molar-refractivity contribution is 9.10. The number of benzene rings is 3. The van der Waals surface area contributed by atoms with Crippen molar-refractivity contribution >= 4 is 51.6 Å². The third-order valence-corrected chi connectivity index (χ3v) is 7.35. The van der Waals surface area contributed by atoms with Gasteiger partial charge >= 0.3 is 5.97 Å². The summed E-state index contributed by atoms with van der Waals surface area (Å²) in [6, 6.07) is 28.2. The van der Waals surface area contributed by atoms with E-state index in [-0.39, 0.29) is 24.8 Å². The van der Waals surface area contributed by atoms with Crippen LogP contribution in [0.2, 0.25) is 0 Å². The van der Waals surface area contributed by atoms with E-state index >= 15 is 0 Å². The molecule has 31 heavy (non-hydrogen) atoms. The van der Waals surface area contributed by atoms with Crippen molar-refractivity contribution in [3.63, 3.8) is 0 Å². The monoisotopic (exact) mass is 497 g/mol. The molecule has 6 heteroatoms. The van der Waals surface area contributed by atoms with E-state index in [2.05, 4.69) is 45.5 Å². The summed E-state index contributed by atoms with van der Waals surface area (Å²) in [6.07, 6.45) is 0.0950. The van der Waals surface area contributed by atoms with E-state index in [1.807, 2.05) is 60.7 Å². The molecule has 160 valence electrons. The molecule has 0 aromatic heterocycles. The number of alkyl halides is 1. The number of nitrogens with one attached hydrogen (secondary N) is 1. The second-order valence-corrected chi connectivity index (χ2v) is 11.6. The van der Waals surface area contributed by atoms with E-state index in [4.69, 9.17) is 4.74 Å². The van der Waals surface area contributed by atoms with Crippen molar-refractivity contribution in [1.29, 1.82) is 0 Å². The number of amides is 1. The Morgan fingerprint density at radius 2 is 1.39 bits per heavy atom. The quantitative estimate of drug-likeness (QED) is 0.221. The third-order valence-electron chi connectivity index (χ3n) is 4.51. The van der Waals surface area contributed by atoms with Gasteiger partial charge in [-0.2, -0.15) is 0 Å². The Bertz CT molecular complexity index is 980. The van der Waals surface area contributed by atoms with Gasteiger partial charge in [0.15, 0.2) is 0 Å². The summed E-state index contributed by atoms with van der Waals surface area (Å²) in [5.74, 6) is 0.00652. The number of halogens is 1. The number of hydrogen-bond donors (Lipinski definition) is 1. The lowest BCUT2D eigenvalue weighted by atomic mass is 10.2. The number of esters is 1. The highest BCUT2D eigenvalue weighted by Gasteiger charge is 2.24. The van der Waals surface area contributed by atoms with Gasteiger partial charge in [0.25, 0.3) is 0 Å². The number of rotatable bonds is 8. The van der Waals surface area contributed by atoms with Crippen LogP contribution < -0.4 is 26.0 Å². The first-order chi connectivity index (χ1) is 14.9. The van der Waals surface area contributed by atoms with Gasteiger partial charge in [-0.05, 0) is 38.4 Å². The average molecular weight is 498 g/mol. The molecule has 1 N–H and O–H groups in total. The Morgan fingerprint density at radius 3 is 1.94 bits per heavy atom. The minimum Gasteiger partial charge on any atom is -0.426 e. The molecule has 0 saturated heterocycles. The highest BCUT2D eigenvalue weighted by Crippen LogP contribution is 2.36. The molecule has 4 nitrogen and oxygen atoms in total. The van der Waals surface area contributed by atoms with E-state index in [0.29, 0.717) is 5.75 Å². The molecule has 0 fully saturated rings. The minimum absolute atomic E-state index is 0.0950. The average Bonchev–Trinajstić information content (AvgIpc) is 2.76. The molecule has 0 bridgehead atoms. The van der Waals surface area contributed by atoms with Crippen LogP contribution in [-0.2, 0) is 9.59 Å². The van der Waals surface area contributed by atoms with Crippen molar-refractivity contribution in [1.82, 2.24) is 5.32 Å². The third kappa shape index (κ3) is 6.49. The highest BCUT2D eigenvalue weighted by atomic mass is 79.9. The molecule has 0 saturated carbocycles. The Labute approximate surface area is 192 Å². The fourth-order valence-corrected chi connectivity index (χ4v) is 5.48. The second-order valence-electron chi connectivity index (χ2n) is 7.43. The molecule has 0 atom stereocenters. The first-order valence-corrected chi connectivity index (χ1v) is 12.2. The number of carbonyl (C=O) groups is 2. The van der Waals surface area contributed by atoms with Gasteiger partial charge in [0.05, 0.1) is 10.7 Å². The fourth-order valence-electron chi connectivity index (χ4n) is 2.97. The van der Waals surface area contributed by atoms with E-state index < -0.39 is 12.2 Å². The molecule has 3 rings (SSSR count). The first kappa shape index (κ1) is 23.2. The smallest absolute Gasteiger partial charge is 0.312 e. The molecule has 0 heterocycles. The van der Waals surface area contributed by atoms with Gasteiger partial charge in [-0.1, -0.05) is 94.8 Å². The predicted octanol–water partition coefficient (Wildman–Crippen LogP) is 4.03. The first-order valence-electron chi connectivity index (χ1n) is 10.0. The van der Waals surface area contributed by atoms with Gasteiger partial charge in [0, 0.05) is 11.8 Å². The maximum Gasteiger partial charge on any atom is 0.312 e. The summed E-state index contributed by atoms with van der Waals surface area (Å²) in [5, 5.41) is 6.09. The summed E-state index contributed by atoms with van der Waals surface area (Å²) in [7, 11) is -0.889. The van der Waals surface area contributed by atoms with Gasteiger partial charge in [0.1, 0.15) is 5.75 Å². The largest absolute Gasteiger partial charge is 0.426 e. The molecule has 0 aliphatic heterocycles. The number of hydrogen-bond acceptors (Lipinski definition) is 3. The van der Waals surface area contributed by atoms with Crippen LogP contribution in [0.1, 0.15) is 20.3 Å². The van der Waals surface area contributed by atoms with Gasteiger partial charge in [-0.15, -0.1) is 0 Å². The molecule has 0 aliphatic carbocycles. The maximum atomic E-state index is 12.5. The maximum absolute atomic E-state index is 12.5. The Kier molecular flexibility index (Phi) is 8.00. The van der Waals surface area contributed by atoms with E-state index in [0.717, 1.165) is 5.30 Å². The van der Waals surface area contributed by atoms with Crippen LogP contribution in [0, 0.1) is 0 Å². The lowest BCUT2D eigenvalue weighted by Crippen LogP contribution is -2.38. The Morgan fingerprint density at radius 1 is 0.871 bits per heavy atom. The number of para-hydroxylation sites is 1. The summed E-state index contributed by atoms with van der Waals surface area (Å²) >= 11 is 3.31. The molecule has 3 aromatic carbocycles. The Hall–Kier alpha value is -2.49. The van der Waals surface area contributed by atoms with Crippen molar-refractivity contribution in [2.45, 2.75) is 24.6 Å². The van der Waals surface area contributed by atoms with Crippen LogP contribution in [0.3, 0.4) is 0 Å². The van der Waals surface area contributed by atoms with E-state index in [1.165, 1.54) is 10.6 Å². The predicted molar refractivity (Wildman–Crippen MR) is 131 cm³/mol. The molecule has 0 unspecified atom stereocenters. The number of carbonyl (C=O) groups excluding carboxylic acids is 2. The fraction of sp³-hybridized carbons (Fsp3) is 0.200. The molecular formula is C25H25BrNO3P. The van der Waals surface area contributed by atoms with Crippen molar-refractivity contribution in [3.8, 4) is 5.75 Å². The van der Waals surface area contributed by atoms with E-state index in [9.17, 15) is 9.59 Å². The summed E-state index contributed by atoms with van der Waals surface area (Å²) in [4.78, 5) is 24.5. The molecular weight excluding hydrogens is 473 g/mol. The van der Waals surface area contributed by atoms with Crippen LogP contribution in [0.4, 0.5) is 0 Å². The topological polar surface area (TPSA) is 55.4 Å². The molecule has 1 amide bonds. The van der Waals surface area contributed by atoms with Gasteiger partial charge < -0.3 is 10.1 Å². The van der Waals surface area contributed by atoms with Gasteiger partial charge in [-0.3, -0.25) is 9.59 Å². The molecule has 0 aliphatic rings. The summed E-state index contributed by atoms with van der Waals surface area (Å²) in [6.45, 7) is 3.74. The number of ether oxygens (including phenoxy) is 1. The zero-order valence-corrected chi connectivity index (χ0v) is 20.0. The van der Waals surface area contributed by atoms with Gasteiger partial charge in [-0.25, -0.2) is 0 Å². The minimum atomic E-state index is -0.889. The van der Waals surface area contributed by atoms with Crippen molar-refractivity contribution < 1.29 is 14.3 Å². The normalized spacial score (nSPS) is 11.2. The van der Waals surface area contributed by atoms with E-state index in [1.54, 1.807) is 13.8 Å². The molecule has 0 spiro atoms. The molecule has 3 aromatic rings. The van der Waals surface area contributed by atoms with Crippen molar-refractivity contribution in [2.75, 3.05) is 6.54 Å². The summed E-state index contributed by atoms with van der Waals surface area (Å²) in [5.41, 5.74) is 0. The van der Waals surface area contributed by atoms with Crippen LogP contribution in [-0.4, -0.2) is 22.7 Å².